The molecule has 1 rings (SSSR count). The van der Waals surface area contributed by atoms with Gasteiger partial charge in [-0.05, 0) is 32.0 Å². The van der Waals surface area contributed by atoms with Crippen LogP contribution in [-0.4, -0.2) is 37.5 Å². The van der Waals surface area contributed by atoms with Gasteiger partial charge in [-0.2, -0.15) is 0 Å². The SMILES string of the molecule is COc1ccccc1CC(C)N(C)CC=CCCl. The van der Waals surface area contributed by atoms with Crippen LogP contribution in [0.25, 0.3) is 0 Å². The quantitative estimate of drug-likeness (QED) is 0.555. The molecule has 0 spiro atoms. The average molecular weight is 268 g/mol. The minimum absolute atomic E-state index is 0.460. The summed E-state index contributed by atoms with van der Waals surface area (Å²) in [6, 6.07) is 8.65. The zero-order valence-corrected chi connectivity index (χ0v) is 12.2. The van der Waals surface area contributed by atoms with Gasteiger partial charge in [0, 0.05) is 18.5 Å². The highest BCUT2D eigenvalue weighted by Crippen LogP contribution is 2.20. The van der Waals surface area contributed by atoms with Gasteiger partial charge in [0.2, 0.25) is 0 Å². The fourth-order valence-corrected chi connectivity index (χ4v) is 1.96. The van der Waals surface area contributed by atoms with Gasteiger partial charge >= 0.3 is 0 Å². The van der Waals surface area contributed by atoms with Crippen LogP contribution in [0.4, 0.5) is 0 Å². The monoisotopic (exact) mass is 267 g/mol. The van der Waals surface area contributed by atoms with E-state index in [-0.39, 0.29) is 0 Å². The van der Waals surface area contributed by atoms with E-state index in [1.165, 1.54) is 5.56 Å². The van der Waals surface area contributed by atoms with Crippen molar-refractivity contribution in [2.24, 2.45) is 0 Å². The Hall–Kier alpha value is -0.990. The molecule has 1 aromatic rings. The molecule has 100 valence electrons. The zero-order chi connectivity index (χ0) is 13.4. The highest BCUT2D eigenvalue weighted by atomic mass is 35.5. The molecule has 0 aromatic heterocycles. The molecular formula is C15H22ClNO. The summed E-state index contributed by atoms with van der Waals surface area (Å²) in [4.78, 5) is 2.30. The first-order valence-electron chi connectivity index (χ1n) is 6.22. The fraction of sp³-hybridized carbons (Fsp3) is 0.467. The summed E-state index contributed by atoms with van der Waals surface area (Å²) in [6.45, 7) is 3.14. The molecule has 0 fully saturated rings. The fourth-order valence-electron chi connectivity index (χ4n) is 1.83. The predicted octanol–water partition coefficient (Wildman–Crippen LogP) is 3.35. The smallest absolute Gasteiger partial charge is 0.122 e. The summed E-state index contributed by atoms with van der Waals surface area (Å²) in [6.07, 6.45) is 5.06. The Bertz CT molecular complexity index is 379. The van der Waals surface area contributed by atoms with E-state index in [1.54, 1.807) is 7.11 Å². The molecular weight excluding hydrogens is 246 g/mol. The summed E-state index contributed by atoms with van der Waals surface area (Å²) in [7, 11) is 3.84. The van der Waals surface area contributed by atoms with Gasteiger partial charge < -0.3 is 4.74 Å². The van der Waals surface area contributed by atoms with Crippen molar-refractivity contribution in [3.8, 4) is 5.75 Å². The molecule has 1 atom stereocenters. The molecule has 0 aliphatic heterocycles. The minimum atomic E-state index is 0.460. The van der Waals surface area contributed by atoms with Gasteiger partial charge in [0.25, 0.3) is 0 Å². The molecule has 18 heavy (non-hydrogen) atoms. The molecule has 0 aliphatic carbocycles. The Morgan fingerprint density at radius 3 is 2.72 bits per heavy atom. The van der Waals surface area contributed by atoms with Gasteiger partial charge in [-0.1, -0.05) is 30.4 Å². The van der Waals surface area contributed by atoms with E-state index in [9.17, 15) is 0 Å². The van der Waals surface area contributed by atoms with E-state index in [2.05, 4.69) is 37.1 Å². The molecule has 0 saturated heterocycles. The Labute approximate surface area is 115 Å². The average Bonchev–Trinajstić information content (AvgIpc) is 2.39. The molecule has 2 nitrogen and oxygen atoms in total. The van der Waals surface area contributed by atoms with Crippen molar-refractivity contribution in [3.63, 3.8) is 0 Å². The van der Waals surface area contributed by atoms with Crippen LogP contribution in [0.2, 0.25) is 0 Å². The Morgan fingerprint density at radius 2 is 2.06 bits per heavy atom. The number of ether oxygens (including phenoxy) is 1. The van der Waals surface area contributed by atoms with E-state index >= 15 is 0 Å². The molecule has 0 N–H and O–H groups in total. The first kappa shape index (κ1) is 15.1. The van der Waals surface area contributed by atoms with Crippen LogP contribution in [-0.2, 0) is 6.42 Å². The van der Waals surface area contributed by atoms with Crippen molar-refractivity contribution in [1.82, 2.24) is 4.90 Å². The molecule has 0 amide bonds. The lowest BCUT2D eigenvalue weighted by Crippen LogP contribution is -2.31. The van der Waals surface area contributed by atoms with E-state index in [0.29, 0.717) is 11.9 Å². The first-order valence-corrected chi connectivity index (χ1v) is 6.75. The number of alkyl halides is 1. The number of nitrogens with zero attached hydrogens (tertiary/aromatic N) is 1. The van der Waals surface area contributed by atoms with Crippen molar-refractivity contribution < 1.29 is 4.74 Å². The second-order valence-corrected chi connectivity index (χ2v) is 4.74. The van der Waals surface area contributed by atoms with Crippen LogP contribution in [0.15, 0.2) is 36.4 Å². The molecule has 0 saturated carbocycles. The lowest BCUT2D eigenvalue weighted by molar-refractivity contribution is 0.280. The van der Waals surface area contributed by atoms with Crippen LogP contribution >= 0.6 is 11.6 Å². The van der Waals surface area contributed by atoms with E-state index in [4.69, 9.17) is 16.3 Å². The maximum absolute atomic E-state index is 5.61. The molecule has 3 heteroatoms. The third-order valence-corrected chi connectivity index (χ3v) is 3.29. The van der Waals surface area contributed by atoms with Gasteiger partial charge in [-0.25, -0.2) is 0 Å². The maximum atomic E-state index is 5.61. The van der Waals surface area contributed by atoms with Gasteiger partial charge in [0.05, 0.1) is 7.11 Å². The normalized spacial score (nSPS) is 13.2. The van der Waals surface area contributed by atoms with E-state index in [1.807, 2.05) is 18.2 Å². The number of methoxy groups -OCH3 is 1. The molecule has 0 radical (unpaired) electrons. The molecule has 0 heterocycles. The van der Waals surface area contributed by atoms with Crippen molar-refractivity contribution in [2.45, 2.75) is 19.4 Å². The second-order valence-electron chi connectivity index (χ2n) is 4.43. The Morgan fingerprint density at radius 1 is 1.33 bits per heavy atom. The topological polar surface area (TPSA) is 12.5 Å². The second kappa shape index (κ2) is 8.17. The zero-order valence-electron chi connectivity index (χ0n) is 11.4. The van der Waals surface area contributed by atoms with Gasteiger partial charge in [-0.15, -0.1) is 11.6 Å². The van der Waals surface area contributed by atoms with Crippen molar-refractivity contribution in [2.75, 3.05) is 26.6 Å². The number of hydrogen-bond donors (Lipinski definition) is 0. The number of para-hydroxylation sites is 1. The standard InChI is InChI=1S/C15H22ClNO/c1-13(17(2)11-7-6-10-16)12-14-8-4-5-9-15(14)18-3/h4-9,13H,10-12H2,1-3H3. The number of hydrogen-bond acceptors (Lipinski definition) is 2. The minimum Gasteiger partial charge on any atom is -0.496 e. The van der Waals surface area contributed by atoms with Crippen LogP contribution in [0, 0.1) is 0 Å². The third-order valence-electron chi connectivity index (χ3n) is 3.11. The van der Waals surface area contributed by atoms with Crippen molar-refractivity contribution in [3.05, 3.63) is 42.0 Å². The molecule has 1 unspecified atom stereocenters. The maximum Gasteiger partial charge on any atom is 0.122 e. The molecule has 0 bridgehead atoms. The lowest BCUT2D eigenvalue weighted by Gasteiger charge is -2.24. The Kier molecular flexibility index (Phi) is 6.84. The van der Waals surface area contributed by atoms with Crippen molar-refractivity contribution in [1.29, 1.82) is 0 Å². The highest BCUT2D eigenvalue weighted by Gasteiger charge is 2.11. The molecule has 1 aromatic carbocycles. The summed E-state index contributed by atoms with van der Waals surface area (Å²) in [5.41, 5.74) is 1.25. The summed E-state index contributed by atoms with van der Waals surface area (Å²) in [5, 5.41) is 0. The third kappa shape index (κ3) is 4.71. The van der Waals surface area contributed by atoms with E-state index in [0.717, 1.165) is 18.7 Å². The highest BCUT2D eigenvalue weighted by molar-refractivity contribution is 6.18. The van der Waals surface area contributed by atoms with Crippen molar-refractivity contribution >= 4 is 11.6 Å². The number of allylic oxidation sites excluding steroid dienone is 1. The summed E-state index contributed by atoms with van der Waals surface area (Å²) >= 11 is 5.61. The largest absolute Gasteiger partial charge is 0.496 e. The molecule has 0 aliphatic rings. The van der Waals surface area contributed by atoms with Gasteiger partial charge in [-0.3, -0.25) is 4.90 Å². The first-order chi connectivity index (χ1) is 8.69. The Balaban J connectivity index is 2.57. The number of rotatable bonds is 7. The number of benzene rings is 1. The summed E-state index contributed by atoms with van der Waals surface area (Å²) < 4.78 is 5.37. The van der Waals surface area contributed by atoms with Crippen LogP contribution in [0.3, 0.4) is 0 Å². The van der Waals surface area contributed by atoms with Crippen LogP contribution < -0.4 is 4.74 Å². The number of likely N-dealkylation sites (N-methyl/N-ethyl adjacent to an activating group) is 1. The summed E-state index contributed by atoms with van der Waals surface area (Å²) in [5.74, 6) is 1.54. The number of halogens is 1. The van der Waals surface area contributed by atoms with Crippen LogP contribution in [0.5, 0.6) is 5.75 Å². The lowest BCUT2D eigenvalue weighted by atomic mass is 10.1. The van der Waals surface area contributed by atoms with Crippen LogP contribution in [0.1, 0.15) is 12.5 Å². The predicted molar refractivity (Wildman–Crippen MR) is 78.7 cm³/mol. The van der Waals surface area contributed by atoms with E-state index < -0.39 is 0 Å². The van der Waals surface area contributed by atoms with Gasteiger partial charge in [0.15, 0.2) is 0 Å². The van der Waals surface area contributed by atoms with Gasteiger partial charge in [0.1, 0.15) is 5.75 Å².